The van der Waals surface area contributed by atoms with E-state index < -0.39 is 5.97 Å². The van der Waals surface area contributed by atoms with Crippen molar-refractivity contribution in [3.63, 3.8) is 0 Å². The lowest BCUT2D eigenvalue weighted by atomic mass is 10.1. The largest absolute Gasteiger partial charge is 0.465 e. The number of benzene rings is 2. The van der Waals surface area contributed by atoms with Crippen LogP contribution in [-0.4, -0.2) is 47.3 Å². The Bertz CT molecular complexity index is 975. The highest BCUT2D eigenvalue weighted by molar-refractivity contribution is 5.94. The Balaban J connectivity index is 1.91. The fourth-order valence-corrected chi connectivity index (χ4v) is 3.58. The molecule has 0 saturated carbocycles. The zero-order valence-electron chi connectivity index (χ0n) is 15.1. The van der Waals surface area contributed by atoms with Crippen molar-refractivity contribution < 1.29 is 14.6 Å². The number of esters is 1. The van der Waals surface area contributed by atoms with Crippen molar-refractivity contribution in [2.24, 2.45) is 0 Å². The van der Waals surface area contributed by atoms with Gasteiger partial charge in [-0.1, -0.05) is 30.3 Å². The van der Waals surface area contributed by atoms with Gasteiger partial charge in [0.15, 0.2) is 5.82 Å². The first-order valence-electron chi connectivity index (χ1n) is 9.04. The number of ether oxygens (including phenoxy) is 1. The molecule has 1 aliphatic rings. The minimum absolute atomic E-state index is 0.0306. The van der Waals surface area contributed by atoms with E-state index in [1.165, 1.54) is 7.11 Å². The summed E-state index contributed by atoms with van der Waals surface area (Å²) in [6.07, 6.45) is 1.92. The number of nitrogens with zero attached hydrogens (tertiary/aromatic N) is 3. The maximum Gasteiger partial charge on any atom is 0.337 e. The molecule has 27 heavy (non-hydrogen) atoms. The van der Waals surface area contributed by atoms with E-state index in [0.29, 0.717) is 16.6 Å². The number of carbonyl (C=O) groups excluding carboxylic acids is 1. The van der Waals surface area contributed by atoms with E-state index >= 15 is 0 Å². The van der Waals surface area contributed by atoms with E-state index in [2.05, 4.69) is 4.90 Å². The van der Waals surface area contributed by atoms with Crippen LogP contribution in [0.25, 0.3) is 22.3 Å². The quantitative estimate of drug-likeness (QED) is 0.718. The third kappa shape index (κ3) is 3.24. The molecular weight excluding hydrogens is 342 g/mol. The van der Waals surface area contributed by atoms with Crippen molar-refractivity contribution in [2.45, 2.75) is 18.9 Å². The van der Waals surface area contributed by atoms with E-state index in [4.69, 9.17) is 14.7 Å². The molecule has 0 spiro atoms. The molecule has 2 heterocycles. The summed E-state index contributed by atoms with van der Waals surface area (Å²) >= 11 is 0. The highest BCUT2D eigenvalue weighted by Crippen LogP contribution is 2.34. The molecule has 4 rings (SSSR count). The number of carbonyl (C=O) groups is 1. The first-order chi connectivity index (χ1) is 13.2. The predicted molar refractivity (Wildman–Crippen MR) is 104 cm³/mol. The summed E-state index contributed by atoms with van der Waals surface area (Å²) < 4.78 is 4.81. The van der Waals surface area contributed by atoms with E-state index in [-0.39, 0.29) is 12.6 Å². The van der Waals surface area contributed by atoms with Crippen molar-refractivity contribution in [2.75, 3.05) is 25.2 Å². The maximum absolute atomic E-state index is 11.9. The van der Waals surface area contributed by atoms with Crippen molar-refractivity contribution in [3.05, 3.63) is 54.1 Å². The average Bonchev–Trinajstić information content (AvgIpc) is 3.21. The molecule has 0 aliphatic carbocycles. The summed E-state index contributed by atoms with van der Waals surface area (Å²) in [5.41, 5.74) is 3.55. The summed E-state index contributed by atoms with van der Waals surface area (Å²) in [4.78, 5) is 23.7. The second-order valence-electron chi connectivity index (χ2n) is 6.63. The number of aliphatic hydroxyl groups excluding tert-OH is 1. The molecule has 1 atom stereocenters. The topological polar surface area (TPSA) is 75.5 Å². The third-order valence-electron chi connectivity index (χ3n) is 4.97. The molecule has 138 valence electrons. The molecule has 2 aromatic carbocycles. The number of aliphatic hydroxyl groups is 1. The molecule has 1 unspecified atom stereocenters. The number of rotatable bonds is 4. The molecule has 1 aliphatic heterocycles. The van der Waals surface area contributed by atoms with Gasteiger partial charge in [-0.15, -0.1) is 0 Å². The van der Waals surface area contributed by atoms with Gasteiger partial charge in [-0.05, 0) is 31.0 Å². The molecule has 1 N–H and O–H groups in total. The number of anilines is 1. The first kappa shape index (κ1) is 17.4. The monoisotopic (exact) mass is 363 g/mol. The van der Waals surface area contributed by atoms with Crippen molar-refractivity contribution in [3.8, 4) is 11.3 Å². The Hall–Kier alpha value is -2.99. The summed E-state index contributed by atoms with van der Waals surface area (Å²) in [6, 6.07) is 15.1. The van der Waals surface area contributed by atoms with Crippen LogP contribution in [0.1, 0.15) is 23.2 Å². The van der Waals surface area contributed by atoms with Crippen LogP contribution in [0.3, 0.4) is 0 Å². The smallest absolute Gasteiger partial charge is 0.337 e. The molecule has 1 saturated heterocycles. The van der Waals surface area contributed by atoms with Crippen LogP contribution in [-0.2, 0) is 4.74 Å². The second kappa shape index (κ2) is 7.32. The van der Waals surface area contributed by atoms with Gasteiger partial charge >= 0.3 is 5.97 Å². The van der Waals surface area contributed by atoms with Crippen molar-refractivity contribution >= 4 is 22.8 Å². The average molecular weight is 363 g/mol. The van der Waals surface area contributed by atoms with Crippen LogP contribution in [0, 0.1) is 0 Å². The fourth-order valence-electron chi connectivity index (χ4n) is 3.58. The Kier molecular flexibility index (Phi) is 4.73. The summed E-state index contributed by atoms with van der Waals surface area (Å²) in [5, 5.41) is 9.77. The maximum atomic E-state index is 11.9. The molecule has 0 bridgehead atoms. The summed E-state index contributed by atoms with van der Waals surface area (Å²) in [5.74, 6) is 0.342. The van der Waals surface area contributed by atoms with Gasteiger partial charge in [-0.25, -0.2) is 14.8 Å². The minimum atomic E-state index is -0.401. The molecule has 0 radical (unpaired) electrons. The van der Waals surface area contributed by atoms with E-state index in [9.17, 15) is 9.90 Å². The lowest BCUT2D eigenvalue weighted by molar-refractivity contribution is 0.0601. The number of hydrogen-bond acceptors (Lipinski definition) is 6. The minimum Gasteiger partial charge on any atom is -0.465 e. The van der Waals surface area contributed by atoms with Gasteiger partial charge in [0.05, 0.1) is 36.4 Å². The SMILES string of the molecule is COC(=O)c1ccc2nc(-c3ccccc3)c(N3CCCC3CO)nc2c1. The van der Waals surface area contributed by atoms with Crippen LogP contribution < -0.4 is 4.90 Å². The molecular formula is C21H21N3O3. The molecule has 6 nitrogen and oxygen atoms in total. The normalized spacial score (nSPS) is 16.7. The fraction of sp³-hybridized carbons (Fsp3) is 0.286. The van der Waals surface area contributed by atoms with E-state index in [1.54, 1.807) is 18.2 Å². The Morgan fingerprint density at radius 3 is 2.74 bits per heavy atom. The number of hydrogen-bond donors (Lipinski definition) is 1. The lowest BCUT2D eigenvalue weighted by Crippen LogP contribution is -2.33. The Morgan fingerprint density at radius 1 is 1.19 bits per heavy atom. The van der Waals surface area contributed by atoms with Gasteiger partial charge in [0, 0.05) is 12.1 Å². The lowest BCUT2D eigenvalue weighted by Gasteiger charge is -2.26. The van der Waals surface area contributed by atoms with Gasteiger partial charge in [-0.2, -0.15) is 0 Å². The Morgan fingerprint density at radius 2 is 2.00 bits per heavy atom. The number of methoxy groups -OCH3 is 1. The van der Waals surface area contributed by atoms with Crippen LogP contribution in [0.5, 0.6) is 0 Å². The first-order valence-corrected chi connectivity index (χ1v) is 9.04. The van der Waals surface area contributed by atoms with Crippen LogP contribution in [0.15, 0.2) is 48.5 Å². The number of aromatic nitrogens is 2. The van der Waals surface area contributed by atoms with Gasteiger partial charge in [0.1, 0.15) is 5.69 Å². The molecule has 1 fully saturated rings. The van der Waals surface area contributed by atoms with Crippen molar-refractivity contribution in [1.29, 1.82) is 0 Å². The highest BCUT2D eigenvalue weighted by Gasteiger charge is 2.28. The highest BCUT2D eigenvalue weighted by atomic mass is 16.5. The standard InChI is InChI=1S/C21H21N3O3/c1-27-21(26)15-9-10-17-18(12-15)23-20(24-11-5-8-16(24)13-25)19(22-17)14-6-3-2-4-7-14/h2-4,6-7,9-10,12,16,25H,5,8,11,13H2,1H3. The van der Waals surface area contributed by atoms with Gasteiger partial charge in [0.25, 0.3) is 0 Å². The molecule has 1 aromatic heterocycles. The van der Waals surface area contributed by atoms with Gasteiger partial charge in [-0.3, -0.25) is 0 Å². The molecule has 0 amide bonds. The summed E-state index contributed by atoms with van der Waals surface area (Å²) in [6.45, 7) is 0.901. The van der Waals surface area contributed by atoms with Crippen LogP contribution >= 0.6 is 0 Å². The Labute approximate surface area is 157 Å². The molecule has 6 heteroatoms. The van der Waals surface area contributed by atoms with E-state index in [0.717, 1.165) is 36.5 Å². The molecule has 3 aromatic rings. The van der Waals surface area contributed by atoms with Crippen molar-refractivity contribution in [1.82, 2.24) is 9.97 Å². The second-order valence-corrected chi connectivity index (χ2v) is 6.63. The zero-order valence-corrected chi connectivity index (χ0v) is 15.1. The van der Waals surface area contributed by atoms with Crippen LogP contribution in [0.4, 0.5) is 5.82 Å². The summed E-state index contributed by atoms with van der Waals surface area (Å²) in [7, 11) is 1.36. The van der Waals surface area contributed by atoms with Crippen LogP contribution in [0.2, 0.25) is 0 Å². The van der Waals surface area contributed by atoms with E-state index in [1.807, 2.05) is 30.3 Å². The zero-order chi connectivity index (χ0) is 18.8. The number of fused-ring (bicyclic) bond motifs is 1. The predicted octanol–water partition coefficient (Wildman–Crippen LogP) is 3.04. The third-order valence-corrected chi connectivity index (χ3v) is 4.97. The van der Waals surface area contributed by atoms with Gasteiger partial charge in [0.2, 0.25) is 0 Å². The van der Waals surface area contributed by atoms with Gasteiger partial charge < -0.3 is 14.7 Å².